The highest BCUT2D eigenvalue weighted by Gasteiger charge is 2.36. The van der Waals surface area contributed by atoms with E-state index in [0.29, 0.717) is 12.1 Å². The van der Waals surface area contributed by atoms with Crippen molar-refractivity contribution >= 4 is 15.9 Å². The fraction of sp³-hybridized carbons (Fsp3) is 0.625. The third-order valence-electron chi connectivity index (χ3n) is 4.84. The lowest BCUT2D eigenvalue weighted by Gasteiger charge is -2.45. The normalized spacial score (nSPS) is 30.3. The van der Waals surface area contributed by atoms with Crippen molar-refractivity contribution in [2.24, 2.45) is 0 Å². The zero-order valence-electron chi connectivity index (χ0n) is 11.8. The molecule has 0 saturated carbocycles. The van der Waals surface area contributed by atoms with Crippen LogP contribution in [0, 0.1) is 0 Å². The van der Waals surface area contributed by atoms with Gasteiger partial charge in [0.2, 0.25) is 0 Å². The molecule has 2 nitrogen and oxygen atoms in total. The largest absolute Gasteiger partial charge is 0.298 e. The Hall–Kier alpha value is -0.380. The molecule has 1 aromatic carbocycles. The number of halogens is 1. The summed E-state index contributed by atoms with van der Waals surface area (Å²) in [5.74, 6) is 0. The van der Waals surface area contributed by atoms with Gasteiger partial charge in [-0.2, -0.15) is 0 Å². The van der Waals surface area contributed by atoms with Crippen LogP contribution in [-0.4, -0.2) is 41.5 Å². The summed E-state index contributed by atoms with van der Waals surface area (Å²) in [7, 11) is 0. The highest BCUT2D eigenvalue weighted by atomic mass is 79.9. The summed E-state index contributed by atoms with van der Waals surface area (Å²) in [5, 5.41) is 0. The maximum atomic E-state index is 3.52. The average Bonchev–Trinajstić information content (AvgIpc) is 2.85. The first kappa shape index (κ1) is 13.6. The molecule has 2 aliphatic rings. The van der Waals surface area contributed by atoms with Gasteiger partial charge in [-0.1, -0.05) is 28.1 Å². The van der Waals surface area contributed by atoms with Gasteiger partial charge in [-0.3, -0.25) is 9.80 Å². The van der Waals surface area contributed by atoms with Crippen LogP contribution in [0.1, 0.15) is 38.3 Å². The Morgan fingerprint density at radius 3 is 2.68 bits per heavy atom. The number of benzene rings is 1. The number of fused-ring (bicyclic) bond motifs is 1. The van der Waals surface area contributed by atoms with Gasteiger partial charge in [0.05, 0.1) is 0 Å². The molecule has 2 fully saturated rings. The van der Waals surface area contributed by atoms with E-state index in [1.807, 2.05) is 0 Å². The van der Waals surface area contributed by atoms with Gasteiger partial charge in [0.1, 0.15) is 0 Å². The van der Waals surface area contributed by atoms with Crippen molar-refractivity contribution in [3.8, 4) is 0 Å². The van der Waals surface area contributed by atoms with E-state index in [-0.39, 0.29) is 0 Å². The number of hydrogen-bond donors (Lipinski definition) is 0. The van der Waals surface area contributed by atoms with Crippen LogP contribution in [0.25, 0.3) is 0 Å². The number of nitrogens with zero attached hydrogens (tertiary/aromatic N) is 2. The summed E-state index contributed by atoms with van der Waals surface area (Å²) in [4.78, 5) is 5.38. The van der Waals surface area contributed by atoms with E-state index >= 15 is 0 Å². The zero-order chi connectivity index (χ0) is 13.4. The second kappa shape index (κ2) is 5.55. The summed E-state index contributed by atoms with van der Waals surface area (Å²) >= 11 is 3.52. The van der Waals surface area contributed by atoms with Crippen molar-refractivity contribution in [2.75, 3.05) is 19.6 Å². The van der Waals surface area contributed by atoms with E-state index in [9.17, 15) is 0 Å². The van der Waals surface area contributed by atoms with Crippen LogP contribution in [-0.2, 0) is 0 Å². The predicted octanol–water partition coefficient (Wildman–Crippen LogP) is 3.68. The molecule has 1 aromatic rings. The van der Waals surface area contributed by atoms with Gasteiger partial charge >= 0.3 is 0 Å². The molecule has 0 radical (unpaired) electrons. The highest BCUT2D eigenvalue weighted by Crippen LogP contribution is 2.31. The predicted molar refractivity (Wildman–Crippen MR) is 83.3 cm³/mol. The summed E-state index contributed by atoms with van der Waals surface area (Å²) in [6, 6.07) is 10.8. The average molecular weight is 323 g/mol. The Labute approximate surface area is 124 Å². The first-order chi connectivity index (χ1) is 9.15. The van der Waals surface area contributed by atoms with Gasteiger partial charge in [-0.25, -0.2) is 0 Å². The SMILES string of the molecule is CC1CN2CCCC2CN1C(C)c1ccc(Br)cc1. The van der Waals surface area contributed by atoms with Crippen LogP contribution >= 0.6 is 15.9 Å². The standard InChI is InChI=1S/C16H23BrN2/c1-12-10-18-9-3-4-16(18)11-19(12)13(2)14-5-7-15(17)8-6-14/h5-8,12-13,16H,3-4,9-11H2,1-2H3. The highest BCUT2D eigenvalue weighted by molar-refractivity contribution is 9.10. The van der Waals surface area contributed by atoms with E-state index in [1.165, 1.54) is 38.0 Å². The van der Waals surface area contributed by atoms with Crippen molar-refractivity contribution in [2.45, 2.75) is 44.8 Å². The Morgan fingerprint density at radius 1 is 1.21 bits per heavy atom. The van der Waals surface area contributed by atoms with E-state index in [2.05, 4.69) is 63.8 Å². The maximum absolute atomic E-state index is 3.52. The molecule has 2 heterocycles. The first-order valence-electron chi connectivity index (χ1n) is 7.40. The second-order valence-electron chi connectivity index (χ2n) is 6.06. The van der Waals surface area contributed by atoms with Gasteiger partial charge in [0.15, 0.2) is 0 Å². The van der Waals surface area contributed by atoms with Crippen LogP contribution in [0.15, 0.2) is 28.7 Å². The maximum Gasteiger partial charge on any atom is 0.0323 e. The monoisotopic (exact) mass is 322 g/mol. The molecule has 0 bridgehead atoms. The van der Waals surface area contributed by atoms with Gasteiger partial charge in [0, 0.05) is 35.7 Å². The summed E-state index contributed by atoms with van der Waals surface area (Å²) in [5.41, 5.74) is 1.43. The first-order valence-corrected chi connectivity index (χ1v) is 8.19. The Balaban J connectivity index is 1.75. The van der Waals surface area contributed by atoms with Crippen LogP contribution in [0.2, 0.25) is 0 Å². The number of piperazine rings is 1. The van der Waals surface area contributed by atoms with Crippen molar-refractivity contribution in [3.63, 3.8) is 0 Å². The summed E-state index contributed by atoms with van der Waals surface area (Å²) < 4.78 is 1.16. The lowest BCUT2D eigenvalue weighted by atomic mass is 10.0. The molecule has 3 atom stereocenters. The lowest BCUT2D eigenvalue weighted by Crippen LogP contribution is -2.55. The molecule has 3 unspecified atom stereocenters. The third-order valence-corrected chi connectivity index (χ3v) is 5.36. The minimum atomic E-state index is 0.519. The molecular formula is C16H23BrN2. The third kappa shape index (κ3) is 2.74. The number of rotatable bonds is 2. The van der Waals surface area contributed by atoms with Gasteiger partial charge in [-0.15, -0.1) is 0 Å². The molecule has 3 heteroatoms. The van der Waals surface area contributed by atoms with E-state index in [0.717, 1.165) is 10.5 Å². The molecule has 2 saturated heterocycles. The van der Waals surface area contributed by atoms with Crippen LogP contribution in [0.5, 0.6) is 0 Å². The molecule has 0 spiro atoms. The van der Waals surface area contributed by atoms with Crippen LogP contribution < -0.4 is 0 Å². The van der Waals surface area contributed by atoms with Crippen molar-refractivity contribution in [3.05, 3.63) is 34.3 Å². The molecular weight excluding hydrogens is 300 g/mol. The molecule has 0 aliphatic carbocycles. The van der Waals surface area contributed by atoms with Crippen molar-refractivity contribution in [1.29, 1.82) is 0 Å². The minimum absolute atomic E-state index is 0.519. The Morgan fingerprint density at radius 2 is 1.95 bits per heavy atom. The van der Waals surface area contributed by atoms with E-state index in [4.69, 9.17) is 0 Å². The quantitative estimate of drug-likeness (QED) is 0.819. The van der Waals surface area contributed by atoms with Crippen molar-refractivity contribution < 1.29 is 0 Å². The summed E-state index contributed by atoms with van der Waals surface area (Å²) in [6.45, 7) is 8.52. The molecule has 2 aliphatic heterocycles. The fourth-order valence-corrected chi connectivity index (χ4v) is 3.95. The molecule has 104 valence electrons. The van der Waals surface area contributed by atoms with Gasteiger partial charge in [-0.05, 0) is 50.9 Å². The Bertz CT molecular complexity index is 431. The molecule has 0 amide bonds. The molecule has 3 rings (SSSR count). The van der Waals surface area contributed by atoms with E-state index in [1.54, 1.807) is 0 Å². The van der Waals surface area contributed by atoms with E-state index < -0.39 is 0 Å². The number of hydrogen-bond acceptors (Lipinski definition) is 2. The molecule has 0 N–H and O–H groups in total. The van der Waals surface area contributed by atoms with Gasteiger partial charge < -0.3 is 0 Å². The van der Waals surface area contributed by atoms with Crippen LogP contribution in [0.3, 0.4) is 0 Å². The minimum Gasteiger partial charge on any atom is -0.298 e. The molecule has 19 heavy (non-hydrogen) atoms. The smallest absolute Gasteiger partial charge is 0.0323 e. The lowest BCUT2D eigenvalue weighted by molar-refractivity contribution is 0.0325. The van der Waals surface area contributed by atoms with Crippen molar-refractivity contribution in [1.82, 2.24) is 9.80 Å². The zero-order valence-corrected chi connectivity index (χ0v) is 13.4. The van der Waals surface area contributed by atoms with Gasteiger partial charge in [0.25, 0.3) is 0 Å². The fourth-order valence-electron chi connectivity index (χ4n) is 3.68. The molecule has 0 aromatic heterocycles. The summed E-state index contributed by atoms with van der Waals surface area (Å²) in [6.07, 6.45) is 2.77. The van der Waals surface area contributed by atoms with Crippen LogP contribution in [0.4, 0.5) is 0 Å². The Kier molecular flexibility index (Phi) is 3.97. The topological polar surface area (TPSA) is 6.48 Å². The second-order valence-corrected chi connectivity index (χ2v) is 6.98.